The number of rotatable bonds is 4. The predicted octanol–water partition coefficient (Wildman–Crippen LogP) is 1.20. The highest BCUT2D eigenvalue weighted by Gasteiger charge is 2.25. The zero-order valence-corrected chi connectivity index (χ0v) is 11.4. The Kier molecular flexibility index (Phi) is 3.64. The zero-order chi connectivity index (χ0) is 15.8. The Hall–Kier alpha value is -2.49. The number of carbonyl (C=O) groups is 1. The van der Waals surface area contributed by atoms with E-state index in [2.05, 4.69) is 5.10 Å². The van der Waals surface area contributed by atoms with Crippen molar-refractivity contribution >= 4 is 21.8 Å². The summed E-state index contributed by atoms with van der Waals surface area (Å²) in [6.45, 7) is 0. The molecule has 2 rings (SSSR count). The summed E-state index contributed by atoms with van der Waals surface area (Å²) in [4.78, 5) is 9.70. The summed E-state index contributed by atoms with van der Waals surface area (Å²) in [5.74, 6) is -4.80. The number of aromatic carboxylic acids is 1. The van der Waals surface area contributed by atoms with Crippen LogP contribution in [0.4, 0.5) is 14.6 Å². The molecule has 0 aliphatic heterocycles. The first-order chi connectivity index (χ1) is 9.72. The second-order valence-corrected chi connectivity index (χ2v) is 5.67. The second kappa shape index (κ2) is 5.13. The number of carboxylic acids is 1. The van der Waals surface area contributed by atoms with E-state index in [1.54, 1.807) is 0 Å². The molecule has 1 heterocycles. The number of aryl methyl sites for hydroxylation is 1. The van der Waals surface area contributed by atoms with Crippen LogP contribution in [0.1, 0.15) is 10.4 Å². The van der Waals surface area contributed by atoms with E-state index in [-0.39, 0.29) is 5.82 Å². The lowest BCUT2D eigenvalue weighted by atomic mass is 10.2. The number of nitrogens with zero attached hydrogens (tertiary/aromatic N) is 2. The molecule has 0 bridgehead atoms. The van der Waals surface area contributed by atoms with E-state index in [0.29, 0.717) is 12.1 Å². The maximum absolute atomic E-state index is 13.7. The van der Waals surface area contributed by atoms with Crippen LogP contribution in [0.5, 0.6) is 0 Å². The number of hydrogen-bond acceptors (Lipinski definition) is 4. The Bertz CT molecular complexity index is 817. The van der Waals surface area contributed by atoms with Crippen molar-refractivity contribution < 1.29 is 27.1 Å². The molecule has 0 spiro atoms. The van der Waals surface area contributed by atoms with E-state index in [1.807, 2.05) is 4.72 Å². The highest BCUT2D eigenvalue weighted by Crippen LogP contribution is 2.22. The Balaban J connectivity index is 2.54. The molecule has 0 aliphatic carbocycles. The number of anilines is 1. The van der Waals surface area contributed by atoms with Crippen molar-refractivity contribution in [1.29, 1.82) is 0 Å². The average molecular weight is 317 g/mol. The summed E-state index contributed by atoms with van der Waals surface area (Å²) in [5, 5.41) is 12.5. The van der Waals surface area contributed by atoms with Crippen LogP contribution < -0.4 is 4.72 Å². The molecule has 0 fully saturated rings. The van der Waals surface area contributed by atoms with Gasteiger partial charge in [0.05, 0.1) is 11.8 Å². The second-order valence-electron chi connectivity index (χ2n) is 4.02. The van der Waals surface area contributed by atoms with Crippen molar-refractivity contribution in [2.75, 3.05) is 4.72 Å². The third kappa shape index (κ3) is 2.84. The molecule has 0 atom stereocenters. The Morgan fingerprint density at radius 1 is 1.38 bits per heavy atom. The fraction of sp³-hybridized carbons (Fsp3) is 0.0909. The Labute approximate surface area is 117 Å². The van der Waals surface area contributed by atoms with E-state index in [1.165, 1.54) is 19.3 Å². The minimum atomic E-state index is -4.50. The van der Waals surface area contributed by atoms with Gasteiger partial charge in [0.15, 0.2) is 11.6 Å². The van der Waals surface area contributed by atoms with E-state index in [0.717, 1.165) is 4.68 Å². The Morgan fingerprint density at radius 3 is 2.57 bits per heavy atom. The van der Waals surface area contributed by atoms with Crippen molar-refractivity contribution in [3.05, 3.63) is 41.6 Å². The van der Waals surface area contributed by atoms with Crippen LogP contribution in [0.3, 0.4) is 0 Å². The van der Waals surface area contributed by atoms with Crippen molar-refractivity contribution in [3.8, 4) is 0 Å². The van der Waals surface area contributed by atoms with Gasteiger partial charge < -0.3 is 5.11 Å². The summed E-state index contributed by atoms with van der Waals surface area (Å²) >= 11 is 0. The van der Waals surface area contributed by atoms with Gasteiger partial charge in [-0.15, -0.1) is 0 Å². The minimum Gasteiger partial charge on any atom is -0.478 e. The van der Waals surface area contributed by atoms with Gasteiger partial charge in [-0.1, -0.05) is 0 Å². The molecule has 2 N–H and O–H groups in total. The zero-order valence-electron chi connectivity index (χ0n) is 10.5. The summed E-state index contributed by atoms with van der Waals surface area (Å²) in [7, 11) is -3.07. The number of hydrogen-bond donors (Lipinski definition) is 2. The van der Waals surface area contributed by atoms with Crippen LogP contribution in [0.2, 0.25) is 0 Å². The molecule has 7 nitrogen and oxygen atoms in total. The lowest BCUT2D eigenvalue weighted by Gasteiger charge is -2.10. The largest absolute Gasteiger partial charge is 0.478 e. The summed E-state index contributed by atoms with van der Waals surface area (Å²) in [6, 6.07) is 2.24. The third-order valence-corrected chi connectivity index (χ3v) is 3.95. The first-order valence-corrected chi connectivity index (χ1v) is 6.94. The van der Waals surface area contributed by atoms with E-state index >= 15 is 0 Å². The predicted molar refractivity (Wildman–Crippen MR) is 67.3 cm³/mol. The number of aromatic nitrogens is 2. The van der Waals surface area contributed by atoms with Crippen molar-refractivity contribution in [3.63, 3.8) is 0 Å². The highest BCUT2D eigenvalue weighted by molar-refractivity contribution is 7.92. The summed E-state index contributed by atoms with van der Waals surface area (Å²) in [5.41, 5.74) is -0.681. The quantitative estimate of drug-likeness (QED) is 0.882. The number of halogens is 2. The molecule has 0 aliphatic rings. The molecule has 0 saturated heterocycles. The van der Waals surface area contributed by atoms with E-state index in [4.69, 9.17) is 5.11 Å². The molecule has 2 aromatic rings. The van der Waals surface area contributed by atoms with Crippen LogP contribution in [0, 0.1) is 11.6 Å². The maximum Gasteiger partial charge on any atom is 0.335 e. The van der Waals surface area contributed by atoms with Gasteiger partial charge >= 0.3 is 5.97 Å². The Morgan fingerprint density at radius 2 is 2.05 bits per heavy atom. The van der Waals surface area contributed by atoms with E-state index < -0.39 is 38.1 Å². The molecule has 112 valence electrons. The molecule has 0 unspecified atom stereocenters. The summed E-state index contributed by atoms with van der Waals surface area (Å²) < 4.78 is 54.2. The lowest BCUT2D eigenvalue weighted by molar-refractivity contribution is 0.0696. The number of benzene rings is 1. The van der Waals surface area contributed by atoms with Crippen molar-refractivity contribution in [2.45, 2.75) is 4.90 Å². The highest BCUT2D eigenvalue weighted by atomic mass is 32.2. The van der Waals surface area contributed by atoms with Gasteiger partial charge in [-0.3, -0.25) is 9.40 Å². The van der Waals surface area contributed by atoms with Crippen LogP contribution in [0.15, 0.2) is 29.3 Å². The number of nitrogens with one attached hydrogen (secondary N) is 1. The van der Waals surface area contributed by atoms with E-state index in [9.17, 15) is 22.0 Å². The molecule has 0 saturated carbocycles. The maximum atomic E-state index is 13.7. The molecule has 21 heavy (non-hydrogen) atoms. The van der Waals surface area contributed by atoms with Gasteiger partial charge in [-0.2, -0.15) is 5.10 Å². The first kappa shape index (κ1) is 14.9. The molecule has 0 amide bonds. The van der Waals surface area contributed by atoms with Crippen molar-refractivity contribution in [1.82, 2.24) is 9.78 Å². The number of sulfonamides is 1. The molecular weight excluding hydrogens is 308 g/mol. The van der Waals surface area contributed by atoms with Crippen LogP contribution >= 0.6 is 0 Å². The SMILES string of the molecule is Cn1nccc1NS(=O)(=O)c1cc(C(=O)O)cc(F)c1F. The van der Waals surface area contributed by atoms with Gasteiger partial charge in [0, 0.05) is 13.1 Å². The van der Waals surface area contributed by atoms with Crippen molar-refractivity contribution in [2.24, 2.45) is 7.05 Å². The smallest absolute Gasteiger partial charge is 0.335 e. The van der Waals surface area contributed by atoms with Gasteiger partial charge in [-0.25, -0.2) is 22.0 Å². The number of carboxylic acid groups (broad SMARTS) is 1. The topological polar surface area (TPSA) is 101 Å². The first-order valence-electron chi connectivity index (χ1n) is 5.45. The van der Waals surface area contributed by atoms with Crippen LogP contribution in [-0.4, -0.2) is 29.3 Å². The standard InChI is InChI=1S/C11H9F2N3O4S/c1-16-9(2-3-14-16)15-21(19,20)8-5-6(11(17)18)4-7(12)10(8)13/h2-5,15H,1H3,(H,17,18). The normalized spacial score (nSPS) is 11.4. The van der Waals surface area contributed by atoms with Gasteiger partial charge in [0.2, 0.25) is 0 Å². The van der Waals surface area contributed by atoms with Crippen LogP contribution in [-0.2, 0) is 17.1 Å². The molecule has 1 aromatic carbocycles. The molecular formula is C11H9F2N3O4S. The molecule has 10 heteroatoms. The van der Waals surface area contributed by atoms with Gasteiger partial charge in [0.25, 0.3) is 10.0 Å². The fourth-order valence-electron chi connectivity index (χ4n) is 1.55. The molecule has 0 radical (unpaired) electrons. The fourth-order valence-corrected chi connectivity index (χ4v) is 2.75. The van der Waals surface area contributed by atoms with Gasteiger partial charge in [-0.05, 0) is 12.1 Å². The average Bonchev–Trinajstić information content (AvgIpc) is 2.77. The third-order valence-electron chi connectivity index (χ3n) is 2.59. The summed E-state index contributed by atoms with van der Waals surface area (Å²) in [6.07, 6.45) is 1.29. The molecule has 1 aromatic heterocycles. The lowest BCUT2D eigenvalue weighted by Crippen LogP contribution is -2.18. The van der Waals surface area contributed by atoms with Crippen LogP contribution in [0.25, 0.3) is 0 Å². The minimum absolute atomic E-state index is 0.00976. The monoisotopic (exact) mass is 317 g/mol. The van der Waals surface area contributed by atoms with Gasteiger partial charge in [0.1, 0.15) is 10.7 Å².